The first-order valence-electron chi connectivity index (χ1n) is 9.33. The summed E-state index contributed by atoms with van der Waals surface area (Å²) in [5.74, 6) is -1.33. The number of carbonyl (C=O) groups is 2. The molecule has 0 fully saturated rings. The van der Waals surface area contributed by atoms with E-state index in [1.807, 2.05) is 18.2 Å². The molecule has 1 atom stereocenters. The molecule has 3 heterocycles. The summed E-state index contributed by atoms with van der Waals surface area (Å²) >= 11 is 0. The number of nitrogens with one attached hydrogen (secondary N) is 2. The van der Waals surface area contributed by atoms with Crippen LogP contribution >= 0.6 is 0 Å². The maximum absolute atomic E-state index is 13.1. The highest BCUT2D eigenvalue weighted by atomic mass is 16.4. The number of hydrogen-bond donors (Lipinski definition) is 3. The molecular weight excluding hydrogens is 344 g/mol. The predicted molar refractivity (Wildman–Crippen MR) is 98.6 cm³/mol. The van der Waals surface area contributed by atoms with Crippen LogP contribution in [-0.4, -0.2) is 43.4 Å². The van der Waals surface area contributed by atoms with Crippen LogP contribution in [0.2, 0.25) is 0 Å². The first-order chi connectivity index (χ1) is 13.1. The molecule has 3 aromatic rings. The minimum atomic E-state index is -1.06. The molecule has 3 N–H and O–H groups in total. The van der Waals surface area contributed by atoms with Gasteiger partial charge < -0.3 is 20.0 Å². The predicted octanol–water partition coefficient (Wildman–Crippen LogP) is 2.59. The molecule has 2 aliphatic rings. The summed E-state index contributed by atoms with van der Waals surface area (Å²) in [5.41, 5.74) is 5.31. The highest BCUT2D eigenvalue weighted by Crippen LogP contribution is 2.32. The standard InChI is InChI=1S/C20H20N4O3/c25-19(24-8-7-15-17(22-10-21-15)18(24)20(26)27)11-5-6-13-12-3-1-2-4-14(12)23-16(13)9-11/h5-6,9-10,18,23H,1-4,7-8H2,(H,21,22)(H,26,27)/t18-/m1/s1. The van der Waals surface area contributed by atoms with Crippen molar-refractivity contribution in [3.63, 3.8) is 0 Å². The lowest BCUT2D eigenvalue weighted by Gasteiger charge is -2.32. The lowest BCUT2D eigenvalue weighted by molar-refractivity contribution is -0.143. The highest BCUT2D eigenvalue weighted by Gasteiger charge is 2.38. The van der Waals surface area contributed by atoms with E-state index < -0.39 is 12.0 Å². The Hall–Kier alpha value is -3.09. The minimum Gasteiger partial charge on any atom is -0.479 e. The van der Waals surface area contributed by atoms with Gasteiger partial charge in [-0.15, -0.1) is 0 Å². The van der Waals surface area contributed by atoms with Gasteiger partial charge in [0.25, 0.3) is 5.91 Å². The van der Waals surface area contributed by atoms with Gasteiger partial charge in [-0.3, -0.25) is 4.79 Å². The van der Waals surface area contributed by atoms with Crippen molar-refractivity contribution >= 4 is 22.8 Å². The zero-order chi connectivity index (χ0) is 18.5. The summed E-state index contributed by atoms with van der Waals surface area (Å²) < 4.78 is 0. The number of carbonyl (C=O) groups excluding carboxylic acids is 1. The van der Waals surface area contributed by atoms with E-state index >= 15 is 0 Å². The average Bonchev–Trinajstić information content (AvgIpc) is 3.29. The fraction of sp³-hybridized carbons (Fsp3) is 0.350. The number of nitrogens with zero attached hydrogens (tertiary/aromatic N) is 2. The molecule has 0 saturated carbocycles. The van der Waals surface area contributed by atoms with Crippen molar-refractivity contribution < 1.29 is 14.7 Å². The number of aromatic amines is 2. The Labute approximate surface area is 155 Å². The Morgan fingerprint density at radius 1 is 1.15 bits per heavy atom. The van der Waals surface area contributed by atoms with Gasteiger partial charge in [-0.25, -0.2) is 9.78 Å². The van der Waals surface area contributed by atoms with Crippen molar-refractivity contribution in [3.8, 4) is 0 Å². The quantitative estimate of drug-likeness (QED) is 0.650. The number of hydrogen-bond acceptors (Lipinski definition) is 3. The van der Waals surface area contributed by atoms with Crippen LogP contribution in [0.15, 0.2) is 24.5 Å². The van der Waals surface area contributed by atoms with Gasteiger partial charge in [0, 0.05) is 40.8 Å². The zero-order valence-corrected chi connectivity index (χ0v) is 14.8. The molecule has 7 heteroatoms. The number of amides is 1. The Morgan fingerprint density at radius 2 is 2.00 bits per heavy atom. The number of aromatic nitrogens is 3. The maximum Gasteiger partial charge on any atom is 0.332 e. The number of H-pyrrole nitrogens is 2. The number of imidazole rings is 1. The number of aliphatic carboxylic acids is 1. The van der Waals surface area contributed by atoms with E-state index in [9.17, 15) is 14.7 Å². The smallest absolute Gasteiger partial charge is 0.332 e. The molecule has 1 aliphatic heterocycles. The molecular formula is C20H20N4O3. The van der Waals surface area contributed by atoms with E-state index in [1.54, 1.807) is 0 Å². The number of carboxylic acids is 1. The topological polar surface area (TPSA) is 102 Å². The SMILES string of the molecule is O=C(O)[C@H]1c2nc[nH]c2CCN1C(=O)c1ccc2c3c([nH]c2c1)CCCC3. The minimum absolute atomic E-state index is 0.273. The summed E-state index contributed by atoms with van der Waals surface area (Å²) in [4.78, 5) is 37.0. The Kier molecular flexibility index (Phi) is 3.56. The van der Waals surface area contributed by atoms with Gasteiger partial charge in [0.05, 0.1) is 12.0 Å². The van der Waals surface area contributed by atoms with Crippen LogP contribution in [0.4, 0.5) is 0 Å². The fourth-order valence-electron chi connectivity index (χ4n) is 4.46. The molecule has 7 nitrogen and oxygen atoms in total. The fourth-order valence-corrected chi connectivity index (χ4v) is 4.46. The first kappa shape index (κ1) is 16.1. The second-order valence-electron chi connectivity index (χ2n) is 7.31. The second-order valence-corrected chi connectivity index (χ2v) is 7.31. The van der Waals surface area contributed by atoms with Crippen LogP contribution in [0.3, 0.4) is 0 Å². The van der Waals surface area contributed by atoms with E-state index in [2.05, 4.69) is 15.0 Å². The third-order valence-corrected chi connectivity index (χ3v) is 5.76. The summed E-state index contributed by atoms with van der Waals surface area (Å²) in [5, 5.41) is 10.9. The summed E-state index contributed by atoms with van der Waals surface area (Å²) in [6.07, 6.45) is 6.56. The van der Waals surface area contributed by atoms with Gasteiger partial charge >= 0.3 is 5.97 Å². The molecule has 0 saturated heterocycles. The van der Waals surface area contributed by atoms with Gasteiger partial charge in [0.15, 0.2) is 6.04 Å². The van der Waals surface area contributed by atoms with Gasteiger partial charge in [0.2, 0.25) is 0 Å². The number of aryl methyl sites for hydroxylation is 2. The summed E-state index contributed by atoms with van der Waals surface area (Å²) in [6, 6.07) is 4.60. The van der Waals surface area contributed by atoms with E-state index in [0.717, 1.165) is 24.1 Å². The Morgan fingerprint density at radius 3 is 2.85 bits per heavy atom. The van der Waals surface area contributed by atoms with Crippen LogP contribution in [0.1, 0.15) is 51.9 Å². The average molecular weight is 364 g/mol. The number of fused-ring (bicyclic) bond motifs is 4. The van der Waals surface area contributed by atoms with Crippen LogP contribution < -0.4 is 0 Å². The number of rotatable bonds is 2. The van der Waals surface area contributed by atoms with Crippen molar-refractivity contribution in [2.45, 2.75) is 38.1 Å². The van der Waals surface area contributed by atoms with Crippen molar-refractivity contribution in [2.24, 2.45) is 0 Å². The molecule has 5 rings (SSSR count). The van der Waals surface area contributed by atoms with E-state index in [1.165, 1.54) is 40.7 Å². The summed E-state index contributed by atoms with van der Waals surface area (Å²) in [6.45, 7) is 0.351. The molecule has 1 aromatic carbocycles. The summed E-state index contributed by atoms with van der Waals surface area (Å²) in [7, 11) is 0. The van der Waals surface area contributed by atoms with Crippen molar-refractivity contribution in [3.05, 3.63) is 52.7 Å². The normalized spacial score (nSPS) is 19.0. The molecule has 0 spiro atoms. The molecule has 1 aliphatic carbocycles. The third kappa shape index (κ3) is 2.45. The van der Waals surface area contributed by atoms with Crippen molar-refractivity contribution in [1.29, 1.82) is 0 Å². The molecule has 138 valence electrons. The van der Waals surface area contributed by atoms with Crippen molar-refractivity contribution in [1.82, 2.24) is 19.9 Å². The van der Waals surface area contributed by atoms with Gasteiger partial charge in [0.1, 0.15) is 0 Å². The molecule has 2 aromatic heterocycles. The van der Waals surface area contributed by atoms with Crippen LogP contribution in [0, 0.1) is 0 Å². The maximum atomic E-state index is 13.1. The Bertz CT molecular complexity index is 1060. The lowest BCUT2D eigenvalue weighted by Crippen LogP contribution is -2.43. The molecule has 0 unspecified atom stereocenters. The molecule has 0 radical (unpaired) electrons. The monoisotopic (exact) mass is 364 g/mol. The number of carboxylic acid groups (broad SMARTS) is 1. The van der Waals surface area contributed by atoms with Crippen LogP contribution in [0.25, 0.3) is 10.9 Å². The van der Waals surface area contributed by atoms with E-state index in [0.29, 0.717) is 24.2 Å². The van der Waals surface area contributed by atoms with Crippen molar-refractivity contribution in [2.75, 3.05) is 6.54 Å². The first-order valence-corrected chi connectivity index (χ1v) is 9.33. The van der Waals surface area contributed by atoms with E-state index in [-0.39, 0.29) is 5.91 Å². The third-order valence-electron chi connectivity index (χ3n) is 5.76. The molecule has 0 bridgehead atoms. The second kappa shape index (κ2) is 5.97. The van der Waals surface area contributed by atoms with E-state index in [4.69, 9.17) is 0 Å². The molecule has 27 heavy (non-hydrogen) atoms. The Balaban J connectivity index is 1.52. The van der Waals surface area contributed by atoms with Crippen LogP contribution in [-0.2, 0) is 24.1 Å². The number of benzene rings is 1. The lowest BCUT2D eigenvalue weighted by atomic mass is 9.95. The van der Waals surface area contributed by atoms with Gasteiger partial charge in [-0.1, -0.05) is 6.07 Å². The molecule has 1 amide bonds. The largest absolute Gasteiger partial charge is 0.479 e. The van der Waals surface area contributed by atoms with Gasteiger partial charge in [-0.05, 0) is 43.4 Å². The highest BCUT2D eigenvalue weighted by molar-refractivity contribution is 6.00. The zero-order valence-electron chi connectivity index (χ0n) is 14.8. The van der Waals surface area contributed by atoms with Crippen LogP contribution in [0.5, 0.6) is 0 Å². The van der Waals surface area contributed by atoms with Gasteiger partial charge in [-0.2, -0.15) is 0 Å².